The van der Waals surface area contributed by atoms with Crippen LogP contribution < -0.4 is 0 Å². The van der Waals surface area contributed by atoms with Crippen LogP contribution in [-0.2, 0) is 13.6 Å². The van der Waals surface area contributed by atoms with Crippen molar-refractivity contribution in [3.05, 3.63) is 41.5 Å². The average molecular weight is 279 g/mol. The third kappa shape index (κ3) is 3.89. The summed E-state index contributed by atoms with van der Waals surface area (Å²) < 4.78 is 23.2. The SMILES string of the molecule is CC1(C)COP(=O)(CC(=C=N)C=C2C=CC=C2)OC1. The molecular formula is C14H18NO3P. The Morgan fingerprint density at radius 2 is 2.00 bits per heavy atom. The second-order valence-electron chi connectivity index (χ2n) is 5.49. The molecule has 0 atom stereocenters. The molecule has 0 radical (unpaired) electrons. The first-order chi connectivity index (χ1) is 8.92. The fourth-order valence-corrected chi connectivity index (χ4v) is 3.67. The summed E-state index contributed by atoms with van der Waals surface area (Å²) in [4.78, 5) is 0. The highest BCUT2D eigenvalue weighted by Gasteiger charge is 2.36. The summed E-state index contributed by atoms with van der Waals surface area (Å²) in [5, 5.41) is 7.30. The molecule has 0 spiro atoms. The van der Waals surface area contributed by atoms with Gasteiger partial charge < -0.3 is 9.05 Å². The average Bonchev–Trinajstić information content (AvgIpc) is 2.86. The first-order valence-corrected chi connectivity index (χ1v) is 7.88. The summed E-state index contributed by atoms with van der Waals surface area (Å²) in [7, 11) is -3.14. The summed E-state index contributed by atoms with van der Waals surface area (Å²) in [6.07, 6.45) is 9.52. The van der Waals surface area contributed by atoms with Gasteiger partial charge in [0.05, 0.1) is 19.4 Å². The van der Waals surface area contributed by atoms with Crippen LogP contribution in [0.5, 0.6) is 0 Å². The lowest BCUT2D eigenvalue weighted by atomic mass is 9.97. The summed E-state index contributed by atoms with van der Waals surface area (Å²) in [6.45, 7) is 4.82. The van der Waals surface area contributed by atoms with Crippen molar-refractivity contribution in [2.45, 2.75) is 13.8 Å². The summed E-state index contributed by atoms with van der Waals surface area (Å²) in [5.41, 5.74) is 1.37. The van der Waals surface area contributed by atoms with Crippen LogP contribution in [0.4, 0.5) is 0 Å². The molecule has 2 rings (SSSR count). The number of hydrogen-bond donors (Lipinski definition) is 1. The first kappa shape index (κ1) is 14.2. The maximum atomic E-state index is 12.4. The van der Waals surface area contributed by atoms with E-state index in [1.54, 1.807) is 6.08 Å². The van der Waals surface area contributed by atoms with Crippen molar-refractivity contribution in [3.63, 3.8) is 0 Å². The predicted molar refractivity (Wildman–Crippen MR) is 75.8 cm³/mol. The van der Waals surface area contributed by atoms with Gasteiger partial charge in [0.15, 0.2) is 0 Å². The van der Waals surface area contributed by atoms with E-state index in [1.165, 1.54) is 0 Å². The van der Waals surface area contributed by atoms with Crippen LogP contribution in [-0.4, -0.2) is 25.2 Å². The molecule has 2 aliphatic rings. The van der Waals surface area contributed by atoms with Crippen LogP contribution in [0.2, 0.25) is 0 Å². The molecule has 19 heavy (non-hydrogen) atoms. The number of hydrogen-bond acceptors (Lipinski definition) is 4. The fraction of sp³-hybridized carbons (Fsp3) is 0.429. The molecule has 0 aromatic heterocycles. The quantitative estimate of drug-likeness (QED) is 0.635. The molecule has 102 valence electrons. The molecule has 1 heterocycles. The highest BCUT2D eigenvalue weighted by molar-refractivity contribution is 7.54. The van der Waals surface area contributed by atoms with Gasteiger partial charge in [-0.3, -0.25) is 9.97 Å². The molecule has 1 N–H and O–H groups in total. The van der Waals surface area contributed by atoms with Crippen molar-refractivity contribution in [2.75, 3.05) is 19.4 Å². The molecule has 1 aliphatic heterocycles. The standard InChI is InChI=1S/C14H18NO3P/c1-14(2)10-17-19(16,18-11-14)9-13(8-15)7-12-5-3-4-6-12/h3-7,15H,9-11H2,1-2H3. The van der Waals surface area contributed by atoms with Crippen LogP contribution in [0, 0.1) is 10.8 Å². The Morgan fingerprint density at radius 3 is 2.53 bits per heavy atom. The largest absolute Gasteiger partial charge is 0.335 e. The van der Waals surface area contributed by atoms with E-state index in [-0.39, 0.29) is 11.6 Å². The lowest BCUT2D eigenvalue weighted by Gasteiger charge is -2.33. The third-order valence-corrected chi connectivity index (χ3v) is 4.63. The minimum absolute atomic E-state index is 0.0950. The highest BCUT2D eigenvalue weighted by Crippen LogP contribution is 2.54. The van der Waals surface area contributed by atoms with Gasteiger partial charge in [-0.15, -0.1) is 0 Å². The van der Waals surface area contributed by atoms with Crippen molar-refractivity contribution >= 4 is 13.5 Å². The maximum Gasteiger partial charge on any atom is 0.335 e. The van der Waals surface area contributed by atoms with Crippen LogP contribution in [0.3, 0.4) is 0 Å². The Hall–Kier alpha value is -1.18. The Morgan fingerprint density at radius 1 is 1.42 bits per heavy atom. The molecule has 1 saturated heterocycles. The second-order valence-corrected chi connectivity index (χ2v) is 7.55. The van der Waals surface area contributed by atoms with E-state index in [9.17, 15) is 4.57 Å². The number of rotatable bonds is 3. The lowest BCUT2D eigenvalue weighted by Crippen LogP contribution is -2.30. The summed E-state index contributed by atoms with van der Waals surface area (Å²) >= 11 is 0. The van der Waals surface area contributed by atoms with E-state index in [0.717, 1.165) is 5.57 Å². The molecule has 0 bridgehead atoms. The van der Waals surface area contributed by atoms with Gasteiger partial charge in [-0.05, 0) is 17.5 Å². The fourth-order valence-electron chi connectivity index (χ4n) is 1.73. The van der Waals surface area contributed by atoms with Gasteiger partial charge in [0.1, 0.15) is 0 Å². The molecule has 1 fully saturated rings. The first-order valence-electron chi connectivity index (χ1n) is 6.16. The Kier molecular flexibility index (Phi) is 4.07. The minimum Gasteiger partial charge on any atom is -0.308 e. The van der Waals surface area contributed by atoms with E-state index < -0.39 is 7.60 Å². The van der Waals surface area contributed by atoms with Gasteiger partial charge in [0, 0.05) is 11.0 Å². The monoisotopic (exact) mass is 279 g/mol. The van der Waals surface area contributed by atoms with Crippen LogP contribution in [0.15, 0.2) is 41.5 Å². The van der Waals surface area contributed by atoms with Gasteiger partial charge in [-0.2, -0.15) is 0 Å². The molecule has 4 nitrogen and oxygen atoms in total. The highest BCUT2D eigenvalue weighted by atomic mass is 31.2. The summed E-state index contributed by atoms with van der Waals surface area (Å²) in [5.74, 6) is 2.31. The van der Waals surface area contributed by atoms with Gasteiger partial charge in [-0.25, -0.2) is 0 Å². The number of nitrogens with one attached hydrogen (secondary N) is 1. The third-order valence-electron chi connectivity index (χ3n) is 2.86. The Bertz CT molecular complexity index is 523. The van der Waals surface area contributed by atoms with Crippen LogP contribution in [0.1, 0.15) is 13.8 Å². The predicted octanol–water partition coefficient (Wildman–Crippen LogP) is 3.48. The Balaban J connectivity index is 2.06. The van der Waals surface area contributed by atoms with E-state index in [1.807, 2.05) is 38.2 Å². The minimum atomic E-state index is -3.14. The second kappa shape index (κ2) is 5.44. The van der Waals surface area contributed by atoms with Gasteiger partial charge in [0.2, 0.25) is 0 Å². The van der Waals surface area contributed by atoms with Crippen molar-refractivity contribution in [1.29, 1.82) is 5.41 Å². The molecule has 0 amide bonds. The smallest absolute Gasteiger partial charge is 0.308 e. The molecule has 0 unspecified atom stereocenters. The van der Waals surface area contributed by atoms with Crippen LogP contribution >= 0.6 is 7.60 Å². The summed E-state index contributed by atoms with van der Waals surface area (Å²) in [6, 6.07) is 0. The normalized spacial score (nSPS) is 23.2. The van der Waals surface area contributed by atoms with Crippen LogP contribution in [0.25, 0.3) is 0 Å². The van der Waals surface area contributed by atoms with E-state index >= 15 is 0 Å². The molecule has 0 aromatic rings. The molecule has 1 aliphatic carbocycles. The van der Waals surface area contributed by atoms with E-state index in [2.05, 4.69) is 5.87 Å². The maximum absolute atomic E-state index is 12.4. The Labute approximate surface area is 113 Å². The zero-order valence-corrected chi connectivity index (χ0v) is 12.1. The van der Waals surface area contributed by atoms with E-state index in [0.29, 0.717) is 18.8 Å². The number of allylic oxidation sites excluding steroid dienone is 7. The molecule has 0 aromatic carbocycles. The lowest BCUT2D eigenvalue weighted by molar-refractivity contribution is 0.0424. The van der Waals surface area contributed by atoms with E-state index in [4.69, 9.17) is 14.5 Å². The van der Waals surface area contributed by atoms with Crippen molar-refractivity contribution in [3.8, 4) is 0 Å². The van der Waals surface area contributed by atoms with Gasteiger partial charge in [0.25, 0.3) is 0 Å². The topological polar surface area (TPSA) is 59.4 Å². The molecule has 5 heteroatoms. The van der Waals surface area contributed by atoms with Gasteiger partial charge in [-0.1, -0.05) is 38.2 Å². The van der Waals surface area contributed by atoms with Crippen molar-refractivity contribution < 1.29 is 13.6 Å². The van der Waals surface area contributed by atoms with Gasteiger partial charge >= 0.3 is 7.60 Å². The molecular weight excluding hydrogens is 261 g/mol. The zero-order chi connectivity index (χ0) is 13.9. The molecule has 0 saturated carbocycles. The van der Waals surface area contributed by atoms with Crippen molar-refractivity contribution in [1.82, 2.24) is 0 Å². The zero-order valence-electron chi connectivity index (χ0n) is 11.2. The van der Waals surface area contributed by atoms with Crippen molar-refractivity contribution in [2.24, 2.45) is 5.41 Å².